The minimum atomic E-state index is -0.322. The molecule has 3 rings (SSSR count). The van der Waals surface area contributed by atoms with E-state index < -0.39 is 0 Å². The molecule has 0 saturated carbocycles. The Morgan fingerprint density at radius 3 is 2.64 bits per heavy atom. The van der Waals surface area contributed by atoms with Crippen LogP contribution in [-0.4, -0.2) is 18.1 Å². The van der Waals surface area contributed by atoms with Crippen molar-refractivity contribution in [1.29, 1.82) is 0 Å². The van der Waals surface area contributed by atoms with Gasteiger partial charge in [-0.3, -0.25) is 4.79 Å². The van der Waals surface area contributed by atoms with Gasteiger partial charge < -0.3 is 14.8 Å². The fourth-order valence-electron chi connectivity index (χ4n) is 3.20. The van der Waals surface area contributed by atoms with Crippen LogP contribution in [0, 0.1) is 6.92 Å². The van der Waals surface area contributed by atoms with Crippen molar-refractivity contribution in [3.63, 3.8) is 0 Å². The molecule has 2 aromatic rings. The van der Waals surface area contributed by atoms with Crippen LogP contribution < -0.4 is 14.8 Å². The quantitative estimate of drug-likeness (QED) is 0.896. The van der Waals surface area contributed by atoms with Gasteiger partial charge in [0.2, 0.25) is 0 Å². The predicted molar refractivity (Wildman–Crippen MR) is 98.3 cm³/mol. The third-order valence-electron chi connectivity index (χ3n) is 4.36. The maximum absolute atomic E-state index is 12.7. The Kier molecular flexibility index (Phi) is 4.71. The molecule has 4 nitrogen and oxygen atoms in total. The minimum Gasteiger partial charge on any atom is -0.494 e. The monoisotopic (exact) mass is 339 g/mol. The van der Waals surface area contributed by atoms with E-state index in [1.54, 1.807) is 12.1 Å². The molecule has 1 heterocycles. The highest BCUT2D eigenvalue weighted by atomic mass is 16.5. The van der Waals surface area contributed by atoms with Crippen molar-refractivity contribution in [1.82, 2.24) is 5.32 Å². The summed E-state index contributed by atoms with van der Waals surface area (Å²) >= 11 is 0. The number of carbonyl (C=O) groups is 1. The number of fused-ring (bicyclic) bond motifs is 1. The van der Waals surface area contributed by atoms with Crippen LogP contribution >= 0.6 is 0 Å². The van der Waals surface area contributed by atoms with E-state index in [9.17, 15) is 4.79 Å². The second-order valence-corrected chi connectivity index (χ2v) is 7.09. The molecule has 2 aromatic carbocycles. The highest BCUT2D eigenvalue weighted by Crippen LogP contribution is 2.40. The lowest BCUT2D eigenvalue weighted by Crippen LogP contribution is -2.41. The molecule has 0 fully saturated rings. The summed E-state index contributed by atoms with van der Waals surface area (Å²) in [7, 11) is 0. The predicted octanol–water partition coefficient (Wildman–Crippen LogP) is 4.43. The zero-order valence-electron chi connectivity index (χ0n) is 15.3. The van der Waals surface area contributed by atoms with E-state index >= 15 is 0 Å². The van der Waals surface area contributed by atoms with Gasteiger partial charge in [-0.1, -0.05) is 12.1 Å². The smallest absolute Gasteiger partial charge is 0.251 e. The van der Waals surface area contributed by atoms with Gasteiger partial charge in [0.05, 0.1) is 12.6 Å². The van der Waals surface area contributed by atoms with Crippen LogP contribution in [0.2, 0.25) is 0 Å². The highest BCUT2D eigenvalue weighted by molar-refractivity contribution is 5.94. The van der Waals surface area contributed by atoms with Gasteiger partial charge in [0, 0.05) is 17.5 Å². The number of hydrogen-bond acceptors (Lipinski definition) is 3. The molecule has 0 saturated heterocycles. The first-order valence-electron chi connectivity index (χ1n) is 8.71. The molecule has 0 unspecified atom stereocenters. The molecular weight excluding hydrogens is 314 g/mol. The Morgan fingerprint density at radius 1 is 1.24 bits per heavy atom. The second kappa shape index (κ2) is 6.79. The summed E-state index contributed by atoms with van der Waals surface area (Å²) in [5.41, 5.74) is 2.48. The van der Waals surface area contributed by atoms with E-state index in [-0.39, 0.29) is 17.6 Å². The number of amides is 1. The summed E-state index contributed by atoms with van der Waals surface area (Å²) in [5, 5.41) is 3.16. The number of carbonyl (C=O) groups excluding carboxylic acids is 1. The number of nitrogens with one attached hydrogen (secondary N) is 1. The molecule has 1 atom stereocenters. The molecule has 0 aliphatic carbocycles. The molecule has 4 heteroatoms. The Hall–Kier alpha value is -2.49. The molecule has 0 aromatic heterocycles. The second-order valence-electron chi connectivity index (χ2n) is 7.09. The van der Waals surface area contributed by atoms with Crippen molar-refractivity contribution in [2.24, 2.45) is 0 Å². The van der Waals surface area contributed by atoms with E-state index in [0.717, 1.165) is 29.0 Å². The lowest BCUT2D eigenvalue weighted by molar-refractivity contribution is 0.0619. The Labute approximate surface area is 149 Å². The van der Waals surface area contributed by atoms with Crippen LogP contribution in [0.4, 0.5) is 0 Å². The molecule has 25 heavy (non-hydrogen) atoms. The molecule has 0 bridgehead atoms. The zero-order chi connectivity index (χ0) is 18.0. The van der Waals surface area contributed by atoms with Gasteiger partial charge in [0.25, 0.3) is 5.91 Å². The van der Waals surface area contributed by atoms with E-state index in [2.05, 4.69) is 11.4 Å². The standard InChI is InChI=1S/C21H25NO3/c1-5-24-16-9-7-15(8-10-16)20(23)22-18-13-21(3,4)25-19-12-14(2)6-11-17(18)19/h6-12,18H,5,13H2,1-4H3,(H,22,23)/t18-/m1/s1. The van der Waals surface area contributed by atoms with Crippen molar-refractivity contribution in [2.75, 3.05) is 6.61 Å². The lowest BCUT2D eigenvalue weighted by atomic mass is 9.89. The van der Waals surface area contributed by atoms with Gasteiger partial charge in [0.1, 0.15) is 17.1 Å². The average Bonchev–Trinajstić information content (AvgIpc) is 2.54. The van der Waals surface area contributed by atoms with Crippen molar-refractivity contribution in [2.45, 2.75) is 45.8 Å². The summed E-state index contributed by atoms with van der Waals surface area (Å²) in [5.74, 6) is 1.54. The Balaban J connectivity index is 1.81. The molecule has 1 aliphatic heterocycles. The molecular formula is C21H25NO3. The summed E-state index contributed by atoms with van der Waals surface area (Å²) in [6, 6.07) is 13.3. The largest absolute Gasteiger partial charge is 0.494 e. The first-order valence-corrected chi connectivity index (χ1v) is 8.71. The van der Waals surface area contributed by atoms with Gasteiger partial charge in [-0.15, -0.1) is 0 Å². The SMILES string of the molecule is CCOc1ccc(C(=O)N[C@@H]2CC(C)(C)Oc3cc(C)ccc32)cc1. The number of aryl methyl sites for hydroxylation is 1. The van der Waals surface area contributed by atoms with Crippen LogP contribution in [0.25, 0.3) is 0 Å². The summed E-state index contributed by atoms with van der Waals surface area (Å²) < 4.78 is 11.5. The van der Waals surface area contributed by atoms with E-state index in [0.29, 0.717) is 12.2 Å². The van der Waals surface area contributed by atoms with Crippen LogP contribution in [-0.2, 0) is 0 Å². The van der Waals surface area contributed by atoms with Gasteiger partial charge >= 0.3 is 0 Å². The maximum Gasteiger partial charge on any atom is 0.251 e. The molecule has 1 aliphatic rings. The summed E-state index contributed by atoms with van der Waals surface area (Å²) in [4.78, 5) is 12.7. The van der Waals surface area contributed by atoms with Gasteiger partial charge in [-0.2, -0.15) is 0 Å². The zero-order valence-corrected chi connectivity index (χ0v) is 15.3. The van der Waals surface area contributed by atoms with Crippen molar-refractivity contribution in [3.8, 4) is 11.5 Å². The first-order chi connectivity index (χ1) is 11.9. The van der Waals surface area contributed by atoms with Crippen LogP contribution in [0.15, 0.2) is 42.5 Å². The molecule has 0 spiro atoms. The van der Waals surface area contributed by atoms with Gasteiger partial charge in [-0.05, 0) is 63.6 Å². The van der Waals surface area contributed by atoms with Crippen LogP contribution in [0.1, 0.15) is 54.7 Å². The van der Waals surface area contributed by atoms with E-state index in [1.807, 2.05) is 52.0 Å². The fourth-order valence-corrected chi connectivity index (χ4v) is 3.20. The third-order valence-corrected chi connectivity index (χ3v) is 4.36. The normalized spacial score (nSPS) is 18.0. The van der Waals surface area contributed by atoms with Crippen LogP contribution in [0.5, 0.6) is 11.5 Å². The van der Waals surface area contributed by atoms with Gasteiger partial charge in [-0.25, -0.2) is 0 Å². The highest BCUT2D eigenvalue weighted by Gasteiger charge is 2.34. The number of ether oxygens (including phenoxy) is 2. The van der Waals surface area contributed by atoms with Crippen molar-refractivity contribution < 1.29 is 14.3 Å². The van der Waals surface area contributed by atoms with E-state index in [1.165, 1.54) is 0 Å². The number of hydrogen-bond donors (Lipinski definition) is 1. The lowest BCUT2D eigenvalue weighted by Gasteiger charge is -2.38. The summed E-state index contributed by atoms with van der Waals surface area (Å²) in [6.45, 7) is 8.69. The average molecular weight is 339 g/mol. The van der Waals surface area contributed by atoms with E-state index in [4.69, 9.17) is 9.47 Å². The molecule has 1 amide bonds. The molecule has 0 radical (unpaired) electrons. The topological polar surface area (TPSA) is 47.6 Å². The Bertz CT molecular complexity index is 765. The minimum absolute atomic E-state index is 0.0709. The number of rotatable bonds is 4. The van der Waals surface area contributed by atoms with Crippen LogP contribution in [0.3, 0.4) is 0 Å². The maximum atomic E-state index is 12.7. The van der Waals surface area contributed by atoms with Crippen molar-refractivity contribution in [3.05, 3.63) is 59.2 Å². The summed E-state index contributed by atoms with van der Waals surface area (Å²) in [6.07, 6.45) is 0.728. The molecule has 1 N–H and O–H groups in total. The first kappa shape index (κ1) is 17.3. The third kappa shape index (κ3) is 3.95. The fraction of sp³-hybridized carbons (Fsp3) is 0.381. The Morgan fingerprint density at radius 2 is 1.96 bits per heavy atom. The van der Waals surface area contributed by atoms with Crippen molar-refractivity contribution >= 4 is 5.91 Å². The van der Waals surface area contributed by atoms with Gasteiger partial charge in [0.15, 0.2) is 0 Å². The number of benzene rings is 2. The molecule has 132 valence electrons.